The molecule has 1 aromatic heterocycles. The van der Waals surface area contributed by atoms with E-state index in [1.807, 2.05) is 6.07 Å². The summed E-state index contributed by atoms with van der Waals surface area (Å²) in [6, 6.07) is 6.11. The van der Waals surface area contributed by atoms with Crippen LogP contribution in [0.25, 0.3) is 11.3 Å². The van der Waals surface area contributed by atoms with Gasteiger partial charge < -0.3 is 14.8 Å². The van der Waals surface area contributed by atoms with Crippen LogP contribution in [-0.2, 0) is 23.1 Å². The SMILES string of the molecule is C=CCn1c(SCCOC)nc2c(c1=O)C1(CCNCC1)Cc1cc(OC)ccc1-2.Cl. The van der Waals surface area contributed by atoms with E-state index in [9.17, 15) is 4.79 Å². The number of rotatable bonds is 7. The molecule has 168 valence electrons. The Balaban J connectivity index is 0.00000272. The number of benzene rings is 1. The van der Waals surface area contributed by atoms with Gasteiger partial charge in [0.05, 0.1) is 25.0 Å². The highest BCUT2D eigenvalue weighted by atomic mass is 35.5. The van der Waals surface area contributed by atoms with Gasteiger partial charge in [0.15, 0.2) is 5.16 Å². The largest absolute Gasteiger partial charge is 0.497 e. The van der Waals surface area contributed by atoms with Gasteiger partial charge in [0, 0.05) is 30.4 Å². The van der Waals surface area contributed by atoms with Gasteiger partial charge >= 0.3 is 0 Å². The van der Waals surface area contributed by atoms with Crippen molar-refractivity contribution in [3.63, 3.8) is 0 Å². The molecule has 2 aliphatic rings. The normalized spacial score (nSPS) is 16.2. The van der Waals surface area contributed by atoms with Crippen molar-refractivity contribution >= 4 is 24.2 Å². The van der Waals surface area contributed by atoms with Gasteiger partial charge in [-0.1, -0.05) is 17.8 Å². The number of aromatic nitrogens is 2. The molecule has 0 unspecified atom stereocenters. The van der Waals surface area contributed by atoms with E-state index >= 15 is 0 Å². The minimum absolute atomic E-state index is 0. The topological polar surface area (TPSA) is 65.4 Å². The van der Waals surface area contributed by atoms with Gasteiger partial charge in [0.25, 0.3) is 5.56 Å². The molecule has 1 saturated heterocycles. The summed E-state index contributed by atoms with van der Waals surface area (Å²) in [7, 11) is 3.37. The highest BCUT2D eigenvalue weighted by molar-refractivity contribution is 7.99. The number of thioether (sulfide) groups is 1. The molecule has 2 heterocycles. The molecular weight excluding hydrogens is 434 g/mol. The van der Waals surface area contributed by atoms with Gasteiger partial charge in [-0.3, -0.25) is 9.36 Å². The lowest BCUT2D eigenvalue weighted by atomic mass is 9.65. The lowest BCUT2D eigenvalue weighted by Crippen LogP contribution is -2.48. The summed E-state index contributed by atoms with van der Waals surface area (Å²) in [5.41, 5.74) is 3.85. The second-order valence-corrected chi connectivity index (χ2v) is 8.96. The van der Waals surface area contributed by atoms with Crippen LogP contribution in [0.15, 0.2) is 40.8 Å². The average molecular weight is 464 g/mol. The van der Waals surface area contributed by atoms with Crippen LogP contribution in [0.4, 0.5) is 0 Å². The van der Waals surface area contributed by atoms with Crippen molar-refractivity contribution in [2.45, 2.75) is 36.4 Å². The third-order valence-corrected chi connectivity index (χ3v) is 7.09. The first-order valence-electron chi connectivity index (χ1n) is 10.4. The third-order valence-electron chi connectivity index (χ3n) is 6.15. The summed E-state index contributed by atoms with van der Waals surface area (Å²) in [5, 5.41) is 4.18. The van der Waals surface area contributed by atoms with E-state index in [2.05, 4.69) is 24.0 Å². The summed E-state index contributed by atoms with van der Waals surface area (Å²) >= 11 is 1.56. The van der Waals surface area contributed by atoms with Crippen LogP contribution >= 0.6 is 24.2 Å². The number of hydrogen-bond donors (Lipinski definition) is 1. The highest BCUT2D eigenvalue weighted by Crippen LogP contribution is 2.46. The molecule has 4 rings (SSSR count). The zero-order chi connectivity index (χ0) is 21.1. The Hall–Kier alpha value is -1.80. The molecule has 1 spiro atoms. The molecule has 1 aliphatic heterocycles. The second kappa shape index (κ2) is 10.2. The third kappa shape index (κ3) is 4.42. The highest BCUT2D eigenvalue weighted by Gasteiger charge is 2.43. The smallest absolute Gasteiger partial charge is 0.258 e. The Morgan fingerprint density at radius 2 is 2.10 bits per heavy atom. The number of fused-ring (bicyclic) bond motifs is 4. The number of allylic oxidation sites excluding steroid dienone is 1. The van der Waals surface area contributed by atoms with Gasteiger partial charge in [-0.25, -0.2) is 4.98 Å². The number of nitrogens with zero attached hydrogens (tertiary/aromatic N) is 2. The monoisotopic (exact) mass is 463 g/mol. The van der Waals surface area contributed by atoms with Crippen LogP contribution in [0.3, 0.4) is 0 Å². The van der Waals surface area contributed by atoms with E-state index < -0.39 is 0 Å². The van der Waals surface area contributed by atoms with Crippen molar-refractivity contribution in [1.82, 2.24) is 14.9 Å². The molecule has 6 nitrogen and oxygen atoms in total. The summed E-state index contributed by atoms with van der Waals surface area (Å²) in [6.07, 6.45) is 4.47. The summed E-state index contributed by atoms with van der Waals surface area (Å²) in [4.78, 5) is 18.9. The predicted octanol–water partition coefficient (Wildman–Crippen LogP) is 3.44. The maximum atomic E-state index is 13.8. The maximum absolute atomic E-state index is 13.8. The molecule has 0 bridgehead atoms. The molecule has 0 amide bonds. The minimum atomic E-state index is -0.192. The molecule has 1 aliphatic carbocycles. The van der Waals surface area contributed by atoms with Crippen molar-refractivity contribution < 1.29 is 9.47 Å². The molecule has 0 atom stereocenters. The van der Waals surface area contributed by atoms with Crippen LogP contribution in [0.5, 0.6) is 5.75 Å². The molecule has 0 saturated carbocycles. The minimum Gasteiger partial charge on any atom is -0.497 e. The molecule has 1 fully saturated rings. The molecule has 2 aromatic rings. The van der Waals surface area contributed by atoms with Crippen LogP contribution in [0, 0.1) is 0 Å². The van der Waals surface area contributed by atoms with Crippen LogP contribution in [-0.4, -0.2) is 49.2 Å². The van der Waals surface area contributed by atoms with E-state index in [4.69, 9.17) is 14.5 Å². The Labute approximate surface area is 193 Å². The van der Waals surface area contributed by atoms with Crippen molar-refractivity contribution in [3.8, 4) is 17.0 Å². The molecule has 1 aromatic carbocycles. The Morgan fingerprint density at radius 3 is 2.77 bits per heavy atom. The van der Waals surface area contributed by atoms with Crippen molar-refractivity contribution in [3.05, 3.63) is 52.3 Å². The van der Waals surface area contributed by atoms with Gasteiger partial charge in [-0.05, 0) is 56.1 Å². The van der Waals surface area contributed by atoms with E-state index in [1.54, 1.807) is 36.6 Å². The lowest BCUT2D eigenvalue weighted by molar-refractivity contribution is 0.218. The van der Waals surface area contributed by atoms with E-state index in [0.29, 0.717) is 13.2 Å². The molecule has 0 radical (unpaired) electrons. The molecule has 31 heavy (non-hydrogen) atoms. The number of hydrogen-bond acceptors (Lipinski definition) is 6. The molecule has 8 heteroatoms. The Morgan fingerprint density at radius 1 is 1.32 bits per heavy atom. The van der Waals surface area contributed by atoms with Gasteiger partial charge in [0.1, 0.15) is 5.75 Å². The number of halogens is 1. The second-order valence-electron chi connectivity index (χ2n) is 7.89. The zero-order valence-corrected chi connectivity index (χ0v) is 19.7. The zero-order valence-electron chi connectivity index (χ0n) is 18.1. The number of piperidine rings is 1. The van der Waals surface area contributed by atoms with E-state index in [1.165, 1.54) is 5.56 Å². The Kier molecular flexibility index (Phi) is 7.86. The number of nitrogens with one attached hydrogen (secondary N) is 1. The molecule has 1 N–H and O–H groups in total. The van der Waals surface area contributed by atoms with Crippen molar-refractivity contribution in [1.29, 1.82) is 0 Å². The van der Waals surface area contributed by atoms with Crippen molar-refractivity contribution in [2.24, 2.45) is 0 Å². The number of ether oxygens (including phenoxy) is 2. The number of methoxy groups -OCH3 is 2. The maximum Gasteiger partial charge on any atom is 0.258 e. The van der Waals surface area contributed by atoms with Gasteiger partial charge in [-0.2, -0.15) is 0 Å². The summed E-state index contributed by atoms with van der Waals surface area (Å²) < 4.78 is 12.5. The fourth-order valence-corrected chi connectivity index (χ4v) is 5.59. The van der Waals surface area contributed by atoms with E-state index in [0.717, 1.165) is 65.8 Å². The quantitative estimate of drug-likeness (QED) is 0.293. The standard InChI is InChI=1S/C23H29N3O3S.ClH/c1-4-11-26-21(27)19-20(25-22(26)30-13-12-28-2)18-6-5-17(29-3)14-16(18)15-23(19)7-9-24-10-8-23;/h4-6,14,24H,1,7-13,15H2,2-3H3;1H. The lowest BCUT2D eigenvalue weighted by Gasteiger charge is -2.42. The van der Waals surface area contributed by atoms with Crippen LogP contribution in [0.2, 0.25) is 0 Å². The molecular formula is C23H30ClN3O3S. The first kappa shape index (κ1) is 23.9. The van der Waals surface area contributed by atoms with Gasteiger partial charge in [-0.15, -0.1) is 19.0 Å². The van der Waals surface area contributed by atoms with Crippen LogP contribution in [0.1, 0.15) is 24.0 Å². The van der Waals surface area contributed by atoms with Gasteiger partial charge in [0.2, 0.25) is 0 Å². The predicted molar refractivity (Wildman–Crippen MR) is 128 cm³/mol. The summed E-state index contributed by atoms with van der Waals surface area (Å²) in [6.45, 7) is 6.74. The fraction of sp³-hybridized carbons (Fsp3) is 0.478. The first-order chi connectivity index (χ1) is 14.6. The first-order valence-corrected chi connectivity index (χ1v) is 11.4. The average Bonchev–Trinajstić information content (AvgIpc) is 2.76. The van der Waals surface area contributed by atoms with Crippen molar-refractivity contribution in [2.75, 3.05) is 39.7 Å². The Bertz CT molecular complexity index is 1000. The van der Waals surface area contributed by atoms with Crippen LogP contribution < -0.4 is 15.6 Å². The van der Waals surface area contributed by atoms with E-state index in [-0.39, 0.29) is 23.4 Å². The fourth-order valence-electron chi connectivity index (χ4n) is 4.68. The summed E-state index contributed by atoms with van der Waals surface area (Å²) in [5.74, 6) is 1.58.